The minimum Gasteiger partial charge on any atom is -0.314 e. The first-order valence-corrected chi connectivity index (χ1v) is 5.85. The quantitative estimate of drug-likeness (QED) is 0.481. The second kappa shape index (κ2) is 5.00. The molecule has 6 heteroatoms. The highest BCUT2D eigenvalue weighted by atomic mass is 32.2. The molecule has 2 aromatic rings. The Bertz CT molecular complexity index is 454. The smallest absolute Gasteiger partial charge is 0.314 e. The number of nitrogen functional groups attached to an aromatic ring is 1. The van der Waals surface area contributed by atoms with Crippen molar-refractivity contribution in [3.05, 3.63) is 24.3 Å². The predicted molar refractivity (Wildman–Crippen MR) is 63.9 cm³/mol. The lowest BCUT2D eigenvalue weighted by Crippen LogP contribution is -2.06. The summed E-state index contributed by atoms with van der Waals surface area (Å²) >= 11 is 1.79. The van der Waals surface area contributed by atoms with Crippen LogP contribution in [0.5, 0.6) is 0 Å². The van der Waals surface area contributed by atoms with Gasteiger partial charge in [0.2, 0.25) is 5.82 Å². The zero-order chi connectivity index (χ0) is 11.4. The Hall–Kier alpha value is -1.53. The Morgan fingerprint density at radius 2 is 2.12 bits per heavy atom. The molecule has 1 aromatic carbocycles. The van der Waals surface area contributed by atoms with Crippen molar-refractivity contribution in [2.24, 2.45) is 5.84 Å². The van der Waals surface area contributed by atoms with Crippen molar-refractivity contribution in [3.63, 3.8) is 0 Å². The van der Waals surface area contributed by atoms with Gasteiger partial charge in [-0.2, -0.15) is 4.98 Å². The lowest BCUT2D eigenvalue weighted by molar-refractivity contribution is 0.432. The molecule has 0 saturated heterocycles. The molecule has 16 heavy (non-hydrogen) atoms. The van der Waals surface area contributed by atoms with Crippen molar-refractivity contribution in [2.45, 2.75) is 11.8 Å². The average molecular weight is 236 g/mol. The number of rotatable bonds is 4. The summed E-state index contributed by atoms with van der Waals surface area (Å²) in [5, 5.41) is 3.80. The maximum Gasteiger partial charge on any atom is 0.335 e. The van der Waals surface area contributed by atoms with Crippen LogP contribution in [0.3, 0.4) is 0 Å². The molecule has 0 aliphatic heterocycles. The molecule has 0 amide bonds. The number of hydrogen-bond acceptors (Lipinski definition) is 6. The summed E-state index contributed by atoms with van der Waals surface area (Å²) < 4.78 is 4.84. The molecule has 1 aromatic heterocycles. The average Bonchev–Trinajstić information content (AvgIpc) is 2.79. The third-order valence-electron chi connectivity index (χ3n) is 1.97. The number of nitrogens with two attached hydrogens (primary N) is 1. The van der Waals surface area contributed by atoms with Crippen LogP contribution in [0, 0.1) is 0 Å². The molecule has 0 unspecified atom stereocenters. The Morgan fingerprint density at radius 3 is 2.69 bits per heavy atom. The molecular weight excluding hydrogens is 224 g/mol. The highest BCUT2D eigenvalue weighted by Crippen LogP contribution is 2.22. The van der Waals surface area contributed by atoms with Gasteiger partial charge in [-0.1, -0.05) is 12.1 Å². The van der Waals surface area contributed by atoms with E-state index in [0.717, 1.165) is 11.3 Å². The SMILES string of the molecule is CCSc1ccc(-c2noc(NN)n2)cc1. The third kappa shape index (κ3) is 2.34. The van der Waals surface area contributed by atoms with Crippen LogP contribution < -0.4 is 11.3 Å². The van der Waals surface area contributed by atoms with Crippen molar-refractivity contribution >= 4 is 17.8 Å². The summed E-state index contributed by atoms with van der Waals surface area (Å²) in [5.74, 6) is 6.74. The maximum atomic E-state index is 5.16. The summed E-state index contributed by atoms with van der Waals surface area (Å²) in [4.78, 5) is 5.28. The van der Waals surface area contributed by atoms with Crippen LogP contribution in [0.15, 0.2) is 33.7 Å². The molecule has 0 aliphatic carbocycles. The van der Waals surface area contributed by atoms with Crippen molar-refractivity contribution in [3.8, 4) is 11.4 Å². The highest BCUT2D eigenvalue weighted by Gasteiger charge is 2.06. The van der Waals surface area contributed by atoms with E-state index in [1.54, 1.807) is 11.8 Å². The van der Waals surface area contributed by atoms with Gasteiger partial charge in [0.05, 0.1) is 0 Å². The minimum atomic E-state index is 0.210. The number of anilines is 1. The number of hydrogen-bond donors (Lipinski definition) is 2. The predicted octanol–water partition coefficient (Wildman–Crippen LogP) is 2.13. The van der Waals surface area contributed by atoms with Gasteiger partial charge < -0.3 is 4.52 Å². The second-order valence-electron chi connectivity index (χ2n) is 3.02. The largest absolute Gasteiger partial charge is 0.335 e. The van der Waals surface area contributed by atoms with Gasteiger partial charge in [0.15, 0.2) is 0 Å². The molecule has 0 fully saturated rings. The summed E-state index contributed by atoms with van der Waals surface area (Å²) in [6.07, 6.45) is 0. The number of nitrogens with zero attached hydrogens (tertiary/aromatic N) is 2. The molecular formula is C10H12N4OS. The first-order chi connectivity index (χ1) is 7.83. The lowest BCUT2D eigenvalue weighted by atomic mass is 10.2. The van der Waals surface area contributed by atoms with Crippen LogP contribution in [-0.4, -0.2) is 15.9 Å². The van der Waals surface area contributed by atoms with Gasteiger partial charge in [-0.15, -0.1) is 11.8 Å². The van der Waals surface area contributed by atoms with Gasteiger partial charge in [0.25, 0.3) is 0 Å². The van der Waals surface area contributed by atoms with E-state index >= 15 is 0 Å². The normalized spacial score (nSPS) is 10.4. The first kappa shape index (κ1) is 11.0. The number of nitrogens with one attached hydrogen (secondary N) is 1. The Labute approximate surface area is 97.4 Å². The van der Waals surface area contributed by atoms with E-state index < -0.39 is 0 Å². The van der Waals surface area contributed by atoms with Gasteiger partial charge in [0.1, 0.15) is 0 Å². The van der Waals surface area contributed by atoms with E-state index in [4.69, 9.17) is 10.4 Å². The molecule has 0 atom stereocenters. The first-order valence-electron chi connectivity index (χ1n) is 4.87. The highest BCUT2D eigenvalue weighted by molar-refractivity contribution is 7.99. The fraction of sp³-hybridized carbons (Fsp3) is 0.200. The van der Waals surface area contributed by atoms with E-state index in [-0.39, 0.29) is 6.01 Å². The van der Waals surface area contributed by atoms with E-state index in [9.17, 15) is 0 Å². The molecule has 1 heterocycles. The zero-order valence-electron chi connectivity index (χ0n) is 8.80. The van der Waals surface area contributed by atoms with Crippen LogP contribution in [0.2, 0.25) is 0 Å². The van der Waals surface area contributed by atoms with Crippen molar-refractivity contribution in [2.75, 3.05) is 11.2 Å². The zero-order valence-corrected chi connectivity index (χ0v) is 9.62. The van der Waals surface area contributed by atoms with Gasteiger partial charge in [-0.05, 0) is 30.0 Å². The van der Waals surface area contributed by atoms with E-state index in [1.807, 2.05) is 24.3 Å². The minimum absolute atomic E-state index is 0.210. The molecule has 0 spiro atoms. The molecule has 84 valence electrons. The molecule has 0 aliphatic rings. The van der Waals surface area contributed by atoms with Crippen molar-refractivity contribution in [1.29, 1.82) is 0 Å². The van der Waals surface area contributed by atoms with Gasteiger partial charge in [-0.25, -0.2) is 5.84 Å². The fourth-order valence-electron chi connectivity index (χ4n) is 1.27. The molecule has 0 saturated carbocycles. The summed E-state index contributed by atoms with van der Waals surface area (Å²) in [6.45, 7) is 2.12. The van der Waals surface area contributed by atoms with Crippen molar-refractivity contribution in [1.82, 2.24) is 10.1 Å². The Balaban J connectivity index is 2.20. The Kier molecular flexibility index (Phi) is 3.43. The van der Waals surface area contributed by atoms with Crippen molar-refractivity contribution < 1.29 is 4.52 Å². The van der Waals surface area contributed by atoms with Gasteiger partial charge >= 0.3 is 6.01 Å². The topological polar surface area (TPSA) is 77.0 Å². The lowest BCUT2D eigenvalue weighted by Gasteiger charge is -1.98. The van der Waals surface area contributed by atoms with Crippen LogP contribution in [0.4, 0.5) is 6.01 Å². The number of thioether (sulfide) groups is 1. The van der Waals surface area contributed by atoms with E-state index in [1.165, 1.54) is 4.90 Å². The van der Waals surface area contributed by atoms with Crippen LogP contribution >= 0.6 is 11.8 Å². The molecule has 0 bridgehead atoms. The number of aromatic nitrogens is 2. The maximum absolute atomic E-state index is 5.16. The Morgan fingerprint density at radius 1 is 1.38 bits per heavy atom. The third-order valence-corrected chi connectivity index (χ3v) is 2.87. The second-order valence-corrected chi connectivity index (χ2v) is 4.36. The van der Waals surface area contributed by atoms with Gasteiger partial charge in [-0.3, -0.25) is 5.43 Å². The van der Waals surface area contributed by atoms with Crippen LogP contribution in [0.1, 0.15) is 6.92 Å². The van der Waals surface area contributed by atoms with Gasteiger partial charge in [0, 0.05) is 10.5 Å². The summed E-state index contributed by atoms with van der Waals surface area (Å²) in [5.41, 5.74) is 3.21. The summed E-state index contributed by atoms with van der Waals surface area (Å²) in [7, 11) is 0. The van der Waals surface area contributed by atoms with Crippen LogP contribution in [0.25, 0.3) is 11.4 Å². The standard InChI is InChI=1S/C10H12N4OS/c1-2-16-8-5-3-7(4-6-8)9-12-10(13-11)15-14-9/h3-6H,2,11H2,1H3,(H,12,13,14). The fourth-order valence-corrected chi connectivity index (χ4v) is 1.93. The molecule has 2 rings (SSSR count). The molecule has 5 nitrogen and oxygen atoms in total. The summed E-state index contributed by atoms with van der Waals surface area (Å²) in [6, 6.07) is 8.21. The van der Waals surface area contributed by atoms with E-state index in [0.29, 0.717) is 5.82 Å². The number of benzene rings is 1. The molecule has 0 radical (unpaired) electrons. The number of hydrazine groups is 1. The van der Waals surface area contributed by atoms with Crippen LogP contribution in [-0.2, 0) is 0 Å². The van der Waals surface area contributed by atoms with E-state index in [2.05, 4.69) is 22.5 Å². The molecule has 3 N–H and O–H groups in total. The monoisotopic (exact) mass is 236 g/mol.